The molecule has 1 N–H and O–H groups in total. The summed E-state index contributed by atoms with van der Waals surface area (Å²) in [4.78, 5) is 12.4. The number of benzene rings is 2. The Morgan fingerprint density at radius 3 is 2.41 bits per heavy atom. The molecule has 1 aromatic heterocycles. The number of carbonyl (C=O) groups is 1. The van der Waals surface area contributed by atoms with Gasteiger partial charge in [-0.2, -0.15) is 0 Å². The number of anilines is 1. The fourth-order valence-electron chi connectivity index (χ4n) is 2.52. The average Bonchev–Trinajstić information content (AvgIpc) is 3.07. The van der Waals surface area contributed by atoms with Crippen molar-refractivity contribution in [3.8, 4) is 11.4 Å². The number of carbonyl (C=O) groups excluding carboxylic acids is 1. The molecule has 0 saturated carbocycles. The molecule has 0 spiro atoms. The van der Waals surface area contributed by atoms with Crippen molar-refractivity contribution in [1.29, 1.82) is 0 Å². The van der Waals surface area contributed by atoms with E-state index in [9.17, 15) is 13.6 Å². The molecule has 5 nitrogen and oxygen atoms in total. The van der Waals surface area contributed by atoms with Gasteiger partial charge in [0.25, 0.3) is 0 Å². The van der Waals surface area contributed by atoms with Gasteiger partial charge in [-0.15, -0.1) is 10.2 Å². The molecule has 0 aliphatic carbocycles. The van der Waals surface area contributed by atoms with Crippen LogP contribution in [-0.4, -0.2) is 25.9 Å². The quantitative estimate of drug-likeness (QED) is 0.638. The summed E-state index contributed by atoms with van der Waals surface area (Å²) in [6.07, 6.45) is 0. The van der Waals surface area contributed by atoms with Gasteiger partial charge in [0.15, 0.2) is 11.0 Å². The van der Waals surface area contributed by atoms with E-state index in [0.717, 1.165) is 17.7 Å². The molecule has 1 amide bonds. The minimum Gasteiger partial charge on any atom is -0.320 e. The molecule has 3 aromatic rings. The lowest BCUT2D eigenvalue weighted by molar-refractivity contribution is -0.115. The number of amides is 1. The maximum Gasteiger partial charge on any atom is 0.237 e. The third-order valence-corrected chi connectivity index (χ3v) is 5.01. The molecule has 3 rings (SSSR count). The molecule has 0 aliphatic heterocycles. The van der Waals surface area contributed by atoms with Crippen molar-refractivity contribution in [3.63, 3.8) is 0 Å². The van der Waals surface area contributed by atoms with Crippen LogP contribution in [0, 0.1) is 11.6 Å². The highest BCUT2D eigenvalue weighted by Crippen LogP contribution is 2.28. The molecule has 0 unspecified atom stereocenters. The van der Waals surface area contributed by atoms with Gasteiger partial charge in [-0.3, -0.25) is 4.79 Å². The molecule has 0 bridgehead atoms. The zero-order chi connectivity index (χ0) is 19.4. The molecule has 1 atom stereocenters. The second-order valence-corrected chi connectivity index (χ2v) is 7.07. The van der Waals surface area contributed by atoms with Crippen LogP contribution in [0.4, 0.5) is 14.5 Å². The highest BCUT2D eigenvalue weighted by atomic mass is 32.2. The summed E-state index contributed by atoms with van der Waals surface area (Å²) in [6, 6.07) is 13.0. The number of nitrogens with one attached hydrogen (secondary N) is 1. The summed E-state index contributed by atoms with van der Waals surface area (Å²) < 4.78 is 29.3. The van der Waals surface area contributed by atoms with Gasteiger partial charge in [-0.05, 0) is 26.0 Å². The Morgan fingerprint density at radius 1 is 1.11 bits per heavy atom. The number of hydrogen-bond acceptors (Lipinski definition) is 4. The molecule has 2 aromatic carbocycles. The van der Waals surface area contributed by atoms with Crippen molar-refractivity contribution in [2.75, 3.05) is 5.32 Å². The molecular weight excluding hydrogens is 370 g/mol. The van der Waals surface area contributed by atoms with Crippen LogP contribution in [0.2, 0.25) is 0 Å². The Labute approximate surface area is 159 Å². The van der Waals surface area contributed by atoms with Gasteiger partial charge in [0.05, 0.1) is 5.25 Å². The third-order valence-electron chi connectivity index (χ3n) is 3.93. The number of hydrogen-bond donors (Lipinski definition) is 1. The number of rotatable bonds is 6. The number of halogens is 2. The van der Waals surface area contributed by atoms with Crippen LogP contribution in [0.25, 0.3) is 11.4 Å². The van der Waals surface area contributed by atoms with E-state index < -0.39 is 28.5 Å². The van der Waals surface area contributed by atoms with E-state index in [1.807, 2.05) is 41.8 Å². The minimum atomic E-state index is -0.816. The predicted octanol–water partition coefficient (Wildman–Crippen LogP) is 4.36. The lowest BCUT2D eigenvalue weighted by Crippen LogP contribution is -2.24. The highest BCUT2D eigenvalue weighted by molar-refractivity contribution is 8.00. The van der Waals surface area contributed by atoms with E-state index in [2.05, 4.69) is 15.5 Å². The fraction of sp³-hybridized carbons (Fsp3) is 0.211. The van der Waals surface area contributed by atoms with Crippen molar-refractivity contribution >= 4 is 23.4 Å². The summed E-state index contributed by atoms with van der Waals surface area (Å²) in [7, 11) is 0. The second-order valence-electron chi connectivity index (χ2n) is 5.76. The summed E-state index contributed by atoms with van der Waals surface area (Å²) in [5, 5.41) is 10.6. The lowest BCUT2D eigenvalue weighted by atomic mass is 10.2. The zero-order valence-corrected chi connectivity index (χ0v) is 15.6. The Morgan fingerprint density at radius 2 is 1.78 bits per heavy atom. The Balaban J connectivity index is 1.77. The molecule has 0 fully saturated rings. The molecular formula is C19H18F2N4OS. The standard InChI is InChI=1S/C19H18F2N4OS/c1-3-25-17(13-8-5-4-6-9-13)23-24-19(25)27-12(2)18(26)22-16-14(20)10-7-11-15(16)21/h4-12H,3H2,1-2H3,(H,22,26)/t12-/m0/s1. The Bertz CT molecular complexity index is 926. The first-order valence-electron chi connectivity index (χ1n) is 8.41. The number of para-hydroxylation sites is 1. The SMILES string of the molecule is CCn1c(S[C@@H](C)C(=O)Nc2c(F)cccc2F)nnc1-c1ccccc1. The molecule has 0 saturated heterocycles. The molecule has 140 valence electrons. The Hall–Kier alpha value is -2.74. The van der Waals surface area contributed by atoms with Crippen LogP contribution in [0.5, 0.6) is 0 Å². The summed E-state index contributed by atoms with van der Waals surface area (Å²) >= 11 is 1.18. The molecule has 0 radical (unpaired) electrons. The van der Waals surface area contributed by atoms with Gasteiger partial charge >= 0.3 is 0 Å². The fourth-order valence-corrected chi connectivity index (χ4v) is 3.43. The lowest BCUT2D eigenvalue weighted by Gasteiger charge is -2.13. The first-order chi connectivity index (χ1) is 13.0. The van der Waals surface area contributed by atoms with Gasteiger partial charge < -0.3 is 9.88 Å². The summed E-state index contributed by atoms with van der Waals surface area (Å²) in [6.45, 7) is 4.23. The average molecular weight is 388 g/mol. The monoisotopic (exact) mass is 388 g/mol. The minimum absolute atomic E-state index is 0.447. The van der Waals surface area contributed by atoms with E-state index in [4.69, 9.17) is 0 Å². The van der Waals surface area contributed by atoms with Crippen LogP contribution in [0.3, 0.4) is 0 Å². The predicted molar refractivity (Wildman–Crippen MR) is 101 cm³/mol. The van der Waals surface area contributed by atoms with Crippen LogP contribution in [-0.2, 0) is 11.3 Å². The summed E-state index contributed by atoms with van der Waals surface area (Å²) in [5.74, 6) is -1.45. The number of thioether (sulfide) groups is 1. The largest absolute Gasteiger partial charge is 0.320 e. The van der Waals surface area contributed by atoms with Crippen molar-refractivity contribution in [2.45, 2.75) is 30.8 Å². The van der Waals surface area contributed by atoms with Gasteiger partial charge in [0.2, 0.25) is 5.91 Å². The maximum absolute atomic E-state index is 13.7. The second kappa shape index (κ2) is 8.30. The first-order valence-corrected chi connectivity index (χ1v) is 9.29. The van der Waals surface area contributed by atoms with E-state index in [1.54, 1.807) is 6.92 Å². The van der Waals surface area contributed by atoms with Crippen LogP contribution < -0.4 is 5.32 Å². The highest BCUT2D eigenvalue weighted by Gasteiger charge is 2.22. The summed E-state index contributed by atoms with van der Waals surface area (Å²) in [5.41, 5.74) is 0.473. The number of nitrogens with zero attached hydrogens (tertiary/aromatic N) is 3. The molecule has 0 aliphatic rings. The van der Waals surface area contributed by atoms with Gasteiger partial charge in [-0.1, -0.05) is 48.2 Å². The van der Waals surface area contributed by atoms with Gasteiger partial charge in [0, 0.05) is 12.1 Å². The van der Waals surface area contributed by atoms with Gasteiger partial charge in [-0.25, -0.2) is 8.78 Å². The van der Waals surface area contributed by atoms with E-state index >= 15 is 0 Å². The zero-order valence-electron chi connectivity index (χ0n) is 14.8. The van der Waals surface area contributed by atoms with E-state index in [1.165, 1.54) is 17.8 Å². The van der Waals surface area contributed by atoms with Crippen molar-refractivity contribution < 1.29 is 13.6 Å². The van der Waals surface area contributed by atoms with Crippen LogP contribution >= 0.6 is 11.8 Å². The maximum atomic E-state index is 13.7. The topological polar surface area (TPSA) is 59.8 Å². The van der Waals surface area contributed by atoms with Gasteiger partial charge in [0.1, 0.15) is 17.3 Å². The third kappa shape index (κ3) is 4.16. The Kier molecular flexibility index (Phi) is 5.85. The first kappa shape index (κ1) is 19.0. The van der Waals surface area contributed by atoms with Crippen molar-refractivity contribution in [2.24, 2.45) is 0 Å². The van der Waals surface area contributed by atoms with Crippen LogP contribution in [0.15, 0.2) is 53.7 Å². The van der Waals surface area contributed by atoms with E-state index in [0.29, 0.717) is 17.5 Å². The molecule has 1 heterocycles. The number of aromatic nitrogens is 3. The van der Waals surface area contributed by atoms with Crippen molar-refractivity contribution in [3.05, 3.63) is 60.2 Å². The normalized spacial score (nSPS) is 12.0. The molecule has 27 heavy (non-hydrogen) atoms. The molecule has 8 heteroatoms. The smallest absolute Gasteiger partial charge is 0.237 e. The van der Waals surface area contributed by atoms with Crippen LogP contribution in [0.1, 0.15) is 13.8 Å². The van der Waals surface area contributed by atoms with Crippen molar-refractivity contribution in [1.82, 2.24) is 14.8 Å². The van der Waals surface area contributed by atoms with E-state index in [-0.39, 0.29) is 0 Å².